The molecule has 1 aromatic carbocycles. The van der Waals surface area contributed by atoms with Gasteiger partial charge in [-0.15, -0.1) is 0 Å². The number of Topliss-reactive ketones (excluding diaryl/α,β-unsaturated/α-hetero) is 1. The molecule has 4 N–H and O–H groups in total. The smallest absolute Gasteiger partial charge is 0.235 e. The van der Waals surface area contributed by atoms with Crippen molar-refractivity contribution in [3.05, 3.63) is 52.7 Å². The first-order chi connectivity index (χ1) is 13.9. The first kappa shape index (κ1) is 25.4. The fourth-order valence-electron chi connectivity index (χ4n) is 2.37. The average Bonchev–Trinajstić information content (AvgIpc) is 3.09. The third kappa shape index (κ3) is 8.82. The lowest BCUT2D eigenvalue weighted by atomic mass is 10.0. The van der Waals surface area contributed by atoms with E-state index < -0.39 is 15.6 Å². The Morgan fingerprint density at radius 1 is 1.33 bits per heavy atom. The van der Waals surface area contributed by atoms with Gasteiger partial charge in [-0.1, -0.05) is 37.6 Å². The largest absolute Gasteiger partial charge is 0.352 e. The molecule has 0 bridgehead atoms. The summed E-state index contributed by atoms with van der Waals surface area (Å²) in [6.45, 7) is 5.65. The van der Waals surface area contributed by atoms with Crippen LogP contribution in [-0.2, 0) is 25.7 Å². The van der Waals surface area contributed by atoms with Gasteiger partial charge in [0.05, 0.1) is 38.8 Å². The Labute approximate surface area is 182 Å². The number of nitrogens with two attached hydrogens (primary N) is 1. The summed E-state index contributed by atoms with van der Waals surface area (Å²) in [5.41, 5.74) is 6.70. The van der Waals surface area contributed by atoms with E-state index in [1.165, 1.54) is 19.2 Å². The Morgan fingerprint density at radius 3 is 2.33 bits per heavy atom. The van der Waals surface area contributed by atoms with Gasteiger partial charge in [0.15, 0.2) is 0 Å². The fourth-order valence-corrected chi connectivity index (χ4v) is 3.72. The number of nitrogens with one attached hydrogen (secondary N) is 2. The zero-order chi connectivity index (χ0) is 22.9. The van der Waals surface area contributed by atoms with Crippen molar-refractivity contribution >= 4 is 38.9 Å². The van der Waals surface area contributed by atoms with Crippen molar-refractivity contribution in [3.63, 3.8) is 0 Å². The summed E-state index contributed by atoms with van der Waals surface area (Å²) in [5.74, 6) is 3.70. The van der Waals surface area contributed by atoms with Crippen LogP contribution in [0.25, 0.3) is 0 Å². The molecule has 0 aliphatic carbocycles. The maximum absolute atomic E-state index is 12.3. The number of hydrogen-bond acceptors (Lipinski definition) is 5. The lowest BCUT2D eigenvalue weighted by molar-refractivity contribution is -0.119. The molecule has 0 radical (unpaired) electrons. The van der Waals surface area contributed by atoms with Gasteiger partial charge in [0.25, 0.3) is 0 Å². The molecule has 1 heterocycles. The van der Waals surface area contributed by atoms with Crippen LogP contribution in [0, 0.1) is 17.2 Å². The zero-order valence-corrected chi connectivity index (χ0v) is 18.8. The van der Waals surface area contributed by atoms with Gasteiger partial charge in [0.2, 0.25) is 5.91 Å². The van der Waals surface area contributed by atoms with E-state index in [2.05, 4.69) is 29.4 Å². The quantitative estimate of drug-likeness (QED) is 0.558. The van der Waals surface area contributed by atoms with Crippen molar-refractivity contribution in [3.8, 4) is 6.07 Å². The molecule has 9 heteroatoms. The van der Waals surface area contributed by atoms with Crippen LogP contribution in [0.3, 0.4) is 0 Å². The Bertz CT molecular complexity index is 1010. The number of nitriles is 1. The van der Waals surface area contributed by atoms with Gasteiger partial charge in [-0.05, 0) is 48.9 Å². The molecule has 0 aliphatic heterocycles. The third-order valence-electron chi connectivity index (χ3n) is 3.95. The Morgan fingerprint density at radius 2 is 1.93 bits per heavy atom. The highest BCUT2D eigenvalue weighted by Gasteiger charge is 2.14. The van der Waals surface area contributed by atoms with Gasteiger partial charge >= 0.3 is 0 Å². The third-order valence-corrected chi connectivity index (χ3v) is 5.67. The molecule has 7 nitrogen and oxygen atoms in total. The van der Waals surface area contributed by atoms with E-state index in [1.54, 1.807) is 24.3 Å². The number of halogens is 1. The van der Waals surface area contributed by atoms with E-state index >= 15 is 0 Å². The first-order valence-electron chi connectivity index (χ1n) is 9.21. The summed E-state index contributed by atoms with van der Waals surface area (Å²) >= 11 is 5.74. The molecule has 0 spiro atoms. The van der Waals surface area contributed by atoms with Crippen LogP contribution >= 0.6 is 11.6 Å². The number of nitrogens with zero attached hydrogens (tertiary/aromatic N) is 1. The number of aromatic amines is 1. The van der Waals surface area contributed by atoms with Gasteiger partial charge in [-0.2, -0.15) is 5.26 Å². The van der Waals surface area contributed by atoms with Crippen molar-refractivity contribution < 1.29 is 13.8 Å². The number of carbonyl (C=O) groups is 2. The number of carbonyl (C=O) groups excluding carboxylic acids is 2. The first-order valence-corrected chi connectivity index (χ1v) is 11.3. The van der Waals surface area contributed by atoms with Crippen LogP contribution < -0.4 is 10.5 Å². The fraction of sp³-hybridized carbons (Fsp3) is 0.333. The van der Waals surface area contributed by atoms with Crippen LogP contribution in [0.15, 0.2) is 41.6 Å². The molecule has 162 valence electrons. The monoisotopic (exact) mass is 450 g/mol. The molecule has 2 unspecified atom stereocenters. The van der Waals surface area contributed by atoms with E-state index in [0.717, 1.165) is 6.42 Å². The van der Waals surface area contributed by atoms with E-state index in [0.29, 0.717) is 22.1 Å². The minimum Gasteiger partial charge on any atom is -0.352 e. The summed E-state index contributed by atoms with van der Waals surface area (Å²) in [6.07, 6.45) is 2.32. The van der Waals surface area contributed by atoms with Gasteiger partial charge in [-0.25, -0.2) is 4.21 Å². The number of benzene rings is 1. The number of H-pyrrole nitrogens is 1. The van der Waals surface area contributed by atoms with Crippen molar-refractivity contribution in [1.82, 2.24) is 9.71 Å². The molecule has 0 saturated heterocycles. The van der Waals surface area contributed by atoms with Gasteiger partial charge in [0, 0.05) is 6.20 Å². The second kappa shape index (κ2) is 11.6. The number of hydrogen-bond donors (Lipinski definition) is 3. The minimum absolute atomic E-state index is 0.0483. The normalized spacial score (nSPS) is 13.4. The van der Waals surface area contributed by atoms with Crippen molar-refractivity contribution in [2.24, 2.45) is 11.7 Å². The summed E-state index contributed by atoms with van der Waals surface area (Å²) in [7, 11) is -2.96. The van der Waals surface area contributed by atoms with Gasteiger partial charge in [0.1, 0.15) is 10.8 Å². The molecule has 2 rings (SSSR count). The minimum atomic E-state index is -2.96. The topological polar surface area (TPSA) is 129 Å². The van der Waals surface area contributed by atoms with Crippen molar-refractivity contribution in [1.29, 1.82) is 5.26 Å². The average molecular weight is 451 g/mol. The Kier molecular flexibility index (Phi) is 9.79. The molecular weight excluding hydrogens is 424 g/mol. The lowest BCUT2D eigenvalue weighted by Crippen LogP contribution is -2.31. The van der Waals surface area contributed by atoms with E-state index in [4.69, 9.17) is 22.6 Å². The predicted octanol–water partition coefficient (Wildman–Crippen LogP) is 2.84. The highest BCUT2D eigenvalue weighted by Crippen LogP contribution is 2.14. The van der Waals surface area contributed by atoms with Crippen LogP contribution in [0.2, 0.25) is 5.02 Å². The van der Waals surface area contributed by atoms with E-state index in [9.17, 15) is 13.8 Å². The highest BCUT2D eigenvalue weighted by atomic mass is 35.5. The van der Waals surface area contributed by atoms with Gasteiger partial charge < -0.3 is 10.7 Å². The number of rotatable bonds is 7. The molecule has 1 aromatic heterocycles. The maximum atomic E-state index is 12.3. The molecule has 2 atom stereocenters. The van der Waals surface area contributed by atoms with E-state index in [-0.39, 0.29) is 23.3 Å². The zero-order valence-electron chi connectivity index (χ0n) is 17.3. The molecular formula is C21H27ClN4O3S. The number of aromatic nitrogens is 1. The summed E-state index contributed by atoms with van der Waals surface area (Å²) in [4.78, 5) is 25.2. The Balaban J connectivity index is 0.000000424. The highest BCUT2D eigenvalue weighted by molar-refractivity contribution is 7.99. The summed E-state index contributed by atoms with van der Waals surface area (Å²) in [6, 6.07) is 9.80. The van der Waals surface area contributed by atoms with E-state index in [1.807, 2.05) is 6.07 Å². The van der Waals surface area contributed by atoms with Crippen molar-refractivity contribution in [2.45, 2.75) is 44.7 Å². The van der Waals surface area contributed by atoms with Crippen LogP contribution in [0.1, 0.15) is 38.3 Å². The van der Waals surface area contributed by atoms with Crippen LogP contribution in [0.5, 0.6) is 0 Å². The molecule has 0 saturated carbocycles. The SMILES string of the molecule is C=S(=O)(NC(=O)Cc1ccc(C#N)cc1)c1cc(Cl)c[nH]1.CC(=O)C(N)CC(C)C. The molecule has 1 amide bonds. The molecule has 30 heavy (non-hydrogen) atoms. The van der Waals surface area contributed by atoms with Gasteiger partial charge in [-0.3, -0.25) is 14.3 Å². The standard InChI is InChI=1S/C14H12ClN3O2S.C7H15NO/c1-21(20,14-7-12(15)9-17-14)18-13(19)6-10-2-4-11(8-16)5-3-10;1-5(2)4-7(8)6(3)9/h2-5,7,9,17H,1,6H2,(H,18,19,20);5,7H,4,8H2,1-3H3. The second-order valence-corrected chi connectivity index (χ2v) is 9.65. The predicted molar refractivity (Wildman–Crippen MR) is 120 cm³/mol. The molecule has 0 aliphatic rings. The molecule has 2 aromatic rings. The van der Waals surface area contributed by atoms with Crippen LogP contribution in [-0.4, -0.2) is 32.8 Å². The summed E-state index contributed by atoms with van der Waals surface area (Å²) in [5, 5.41) is 9.36. The molecule has 0 fully saturated rings. The maximum Gasteiger partial charge on any atom is 0.235 e. The van der Waals surface area contributed by atoms with Crippen molar-refractivity contribution in [2.75, 3.05) is 0 Å². The Hall–Kier alpha value is -2.60. The number of amides is 1. The second-order valence-electron chi connectivity index (χ2n) is 7.21. The van der Waals surface area contributed by atoms with Crippen LogP contribution in [0.4, 0.5) is 0 Å². The lowest BCUT2D eigenvalue weighted by Gasteiger charge is -2.09. The number of ketones is 1. The summed E-state index contributed by atoms with van der Waals surface area (Å²) < 4.78 is 14.7.